The second kappa shape index (κ2) is 8.48. The first-order chi connectivity index (χ1) is 12.2. The van der Waals surface area contributed by atoms with Crippen molar-refractivity contribution in [3.63, 3.8) is 0 Å². The standard InChI is InChI=1S/C18H24N2O5S/c1-12-5-7-15(26(22,23)19-9-10-24-4)11-16(12)18(21)20-14(3)17-8-6-13(2)25-17/h5-8,11,14,19H,9-10H2,1-4H3,(H,20,21). The number of rotatable bonds is 8. The van der Waals surface area contributed by atoms with Gasteiger partial charge in [-0.1, -0.05) is 6.07 Å². The highest BCUT2D eigenvalue weighted by molar-refractivity contribution is 7.89. The van der Waals surface area contributed by atoms with E-state index >= 15 is 0 Å². The fourth-order valence-electron chi connectivity index (χ4n) is 2.41. The van der Waals surface area contributed by atoms with Crippen molar-refractivity contribution in [1.82, 2.24) is 10.0 Å². The topological polar surface area (TPSA) is 97.6 Å². The lowest BCUT2D eigenvalue weighted by molar-refractivity contribution is 0.0934. The summed E-state index contributed by atoms with van der Waals surface area (Å²) in [6.07, 6.45) is 0. The summed E-state index contributed by atoms with van der Waals surface area (Å²) in [5.74, 6) is 1.03. The van der Waals surface area contributed by atoms with Crippen molar-refractivity contribution >= 4 is 15.9 Å². The van der Waals surface area contributed by atoms with Crippen molar-refractivity contribution in [2.24, 2.45) is 0 Å². The summed E-state index contributed by atoms with van der Waals surface area (Å²) < 4.78 is 37.4. The number of hydrogen-bond acceptors (Lipinski definition) is 5. The molecule has 2 N–H and O–H groups in total. The average molecular weight is 380 g/mol. The van der Waals surface area contributed by atoms with E-state index in [1.165, 1.54) is 19.2 Å². The molecule has 142 valence electrons. The number of nitrogens with one attached hydrogen (secondary N) is 2. The molecule has 0 spiro atoms. The van der Waals surface area contributed by atoms with Gasteiger partial charge in [0.1, 0.15) is 11.5 Å². The molecule has 2 rings (SSSR count). The minimum Gasteiger partial charge on any atom is -0.464 e. The third kappa shape index (κ3) is 4.94. The lowest BCUT2D eigenvalue weighted by atomic mass is 10.1. The normalized spacial score (nSPS) is 12.8. The second-order valence-corrected chi connectivity index (χ2v) is 7.78. The molecule has 0 aliphatic carbocycles. The minimum atomic E-state index is -3.71. The Bertz CT molecular complexity index is 873. The van der Waals surface area contributed by atoms with Crippen LogP contribution in [0.3, 0.4) is 0 Å². The summed E-state index contributed by atoms with van der Waals surface area (Å²) in [6.45, 7) is 5.80. The molecule has 1 aromatic carbocycles. The van der Waals surface area contributed by atoms with Gasteiger partial charge >= 0.3 is 0 Å². The van der Waals surface area contributed by atoms with Crippen molar-refractivity contribution in [1.29, 1.82) is 0 Å². The zero-order valence-corrected chi connectivity index (χ0v) is 16.1. The van der Waals surface area contributed by atoms with Crippen molar-refractivity contribution in [3.05, 3.63) is 53.0 Å². The molecule has 7 nitrogen and oxygen atoms in total. The first kappa shape index (κ1) is 20.2. The highest BCUT2D eigenvalue weighted by atomic mass is 32.2. The molecule has 0 bridgehead atoms. The van der Waals surface area contributed by atoms with Crippen LogP contribution in [0.2, 0.25) is 0 Å². The minimum absolute atomic E-state index is 0.0332. The number of methoxy groups -OCH3 is 1. The van der Waals surface area contributed by atoms with Gasteiger partial charge in [-0.2, -0.15) is 0 Å². The molecule has 0 saturated heterocycles. The molecule has 1 atom stereocenters. The van der Waals surface area contributed by atoms with Gasteiger partial charge in [-0.05, 0) is 50.6 Å². The monoisotopic (exact) mass is 380 g/mol. The number of hydrogen-bond donors (Lipinski definition) is 2. The summed E-state index contributed by atoms with van der Waals surface area (Å²) in [6, 6.07) is 7.74. The van der Waals surface area contributed by atoms with Crippen LogP contribution >= 0.6 is 0 Å². The lowest BCUT2D eigenvalue weighted by Crippen LogP contribution is -2.29. The molecule has 0 fully saturated rings. The molecule has 2 aromatic rings. The quantitative estimate of drug-likeness (QED) is 0.685. The molecular weight excluding hydrogens is 356 g/mol. The van der Waals surface area contributed by atoms with Crippen molar-refractivity contribution in [2.75, 3.05) is 20.3 Å². The molecule has 1 aromatic heterocycles. The third-order valence-electron chi connectivity index (χ3n) is 3.90. The number of carbonyl (C=O) groups excluding carboxylic acids is 1. The number of furan rings is 1. The smallest absolute Gasteiger partial charge is 0.252 e. The predicted octanol–water partition coefficient (Wildman–Crippen LogP) is 2.31. The Balaban J connectivity index is 2.19. The maximum Gasteiger partial charge on any atom is 0.252 e. The van der Waals surface area contributed by atoms with Crippen molar-refractivity contribution in [3.8, 4) is 0 Å². The van der Waals surface area contributed by atoms with Crippen molar-refractivity contribution in [2.45, 2.75) is 31.7 Å². The van der Waals surface area contributed by atoms with Crippen LogP contribution in [0.4, 0.5) is 0 Å². The first-order valence-corrected chi connectivity index (χ1v) is 9.69. The van der Waals surface area contributed by atoms with Crippen molar-refractivity contribution < 1.29 is 22.4 Å². The zero-order chi connectivity index (χ0) is 19.3. The first-order valence-electron chi connectivity index (χ1n) is 8.21. The number of sulfonamides is 1. The maximum atomic E-state index is 12.6. The van der Waals surface area contributed by atoms with Gasteiger partial charge in [-0.15, -0.1) is 0 Å². The molecule has 1 amide bonds. The van der Waals surface area contributed by atoms with E-state index in [0.29, 0.717) is 16.9 Å². The van der Waals surface area contributed by atoms with Crippen LogP contribution in [-0.2, 0) is 14.8 Å². The van der Waals surface area contributed by atoms with Gasteiger partial charge in [0.05, 0.1) is 17.5 Å². The number of aryl methyl sites for hydroxylation is 2. The van der Waals surface area contributed by atoms with Gasteiger partial charge in [-0.3, -0.25) is 4.79 Å². The largest absolute Gasteiger partial charge is 0.464 e. The van der Waals surface area contributed by atoms with Crippen LogP contribution in [0.5, 0.6) is 0 Å². The molecule has 0 radical (unpaired) electrons. The van der Waals surface area contributed by atoms with Crippen LogP contribution in [0.1, 0.15) is 40.4 Å². The van der Waals surface area contributed by atoms with E-state index in [0.717, 1.165) is 5.76 Å². The SMILES string of the molecule is COCCNS(=O)(=O)c1ccc(C)c(C(=O)NC(C)c2ccc(C)o2)c1. The van der Waals surface area contributed by atoms with Gasteiger partial charge in [-0.25, -0.2) is 13.1 Å². The number of carbonyl (C=O) groups is 1. The summed E-state index contributed by atoms with van der Waals surface area (Å²) in [7, 11) is -2.22. The third-order valence-corrected chi connectivity index (χ3v) is 5.36. The second-order valence-electron chi connectivity index (χ2n) is 6.01. The molecule has 1 unspecified atom stereocenters. The number of benzene rings is 1. The van der Waals surface area contributed by atoms with Crippen LogP contribution < -0.4 is 10.0 Å². The summed E-state index contributed by atoms with van der Waals surface area (Å²) in [5.41, 5.74) is 0.982. The average Bonchev–Trinajstić information content (AvgIpc) is 3.01. The van der Waals surface area contributed by atoms with Crippen LogP contribution in [-0.4, -0.2) is 34.6 Å². The molecule has 1 heterocycles. The predicted molar refractivity (Wildman–Crippen MR) is 97.6 cm³/mol. The zero-order valence-electron chi connectivity index (χ0n) is 15.3. The fourth-order valence-corrected chi connectivity index (χ4v) is 3.44. The molecule has 8 heteroatoms. The summed E-state index contributed by atoms with van der Waals surface area (Å²) in [5, 5.41) is 2.83. The fraction of sp³-hybridized carbons (Fsp3) is 0.389. The number of ether oxygens (including phenoxy) is 1. The van der Waals surface area contributed by atoms with E-state index in [2.05, 4.69) is 10.0 Å². The van der Waals surface area contributed by atoms with E-state index in [4.69, 9.17) is 9.15 Å². The van der Waals surface area contributed by atoms with Crippen LogP contribution in [0, 0.1) is 13.8 Å². The van der Waals surface area contributed by atoms with Gasteiger partial charge in [0.15, 0.2) is 0 Å². The lowest BCUT2D eigenvalue weighted by Gasteiger charge is -2.14. The Morgan fingerprint density at radius 2 is 1.96 bits per heavy atom. The molecule has 0 aliphatic rings. The molecule has 0 saturated carbocycles. The van der Waals surface area contributed by atoms with Gasteiger partial charge in [0.2, 0.25) is 10.0 Å². The highest BCUT2D eigenvalue weighted by Crippen LogP contribution is 2.19. The maximum absolute atomic E-state index is 12.6. The van der Waals surface area contributed by atoms with Gasteiger partial charge in [0, 0.05) is 19.2 Å². The van der Waals surface area contributed by atoms with Gasteiger partial charge in [0.25, 0.3) is 5.91 Å². The summed E-state index contributed by atoms with van der Waals surface area (Å²) >= 11 is 0. The Hall–Kier alpha value is -2.16. The Labute approximate surface area is 153 Å². The van der Waals surface area contributed by atoms with Crippen LogP contribution in [0.25, 0.3) is 0 Å². The summed E-state index contributed by atoms with van der Waals surface area (Å²) in [4.78, 5) is 12.6. The number of amides is 1. The van der Waals surface area contributed by atoms with E-state index in [9.17, 15) is 13.2 Å². The Morgan fingerprint density at radius 1 is 1.23 bits per heavy atom. The highest BCUT2D eigenvalue weighted by Gasteiger charge is 2.20. The van der Waals surface area contributed by atoms with E-state index in [1.807, 2.05) is 13.0 Å². The van der Waals surface area contributed by atoms with E-state index in [-0.39, 0.29) is 30.0 Å². The Morgan fingerprint density at radius 3 is 2.58 bits per heavy atom. The molecular formula is C18H24N2O5S. The van der Waals surface area contributed by atoms with Crippen LogP contribution in [0.15, 0.2) is 39.6 Å². The van der Waals surface area contributed by atoms with E-state index in [1.54, 1.807) is 26.0 Å². The van der Waals surface area contributed by atoms with E-state index < -0.39 is 10.0 Å². The van der Waals surface area contributed by atoms with Gasteiger partial charge < -0.3 is 14.5 Å². The molecule has 26 heavy (non-hydrogen) atoms. The Kier molecular flexibility index (Phi) is 6.57. The molecule has 0 aliphatic heterocycles.